The standard InChI is InChI=1S/C21H19Cl2F2NO3S/c1-12(2)6-9-27-13-10-14(22)19(15(23)11-13)28-7-3-8-29-21-26-17-5-4-16(24)18(25)20(17)30-21/h4-6,10-11H,3,7-9H2,1-2H3. The molecule has 30 heavy (non-hydrogen) atoms. The van der Waals surface area contributed by atoms with E-state index in [0.29, 0.717) is 46.7 Å². The third kappa shape index (κ3) is 5.74. The van der Waals surface area contributed by atoms with Gasteiger partial charge in [-0.3, -0.25) is 0 Å². The first-order chi connectivity index (χ1) is 14.3. The van der Waals surface area contributed by atoms with Crippen LogP contribution in [0.2, 0.25) is 10.0 Å². The highest BCUT2D eigenvalue weighted by Gasteiger charge is 2.14. The minimum Gasteiger partial charge on any atom is -0.490 e. The van der Waals surface area contributed by atoms with E-state index in [1.165, 1.54) is 6.07 Å². The lowest BCUT2D eigenvalue weighted by Crippen LogP contribution is -2.05. The molecule has 0 atom stereocenters. The van der Waals surface area contributed by atoms with Gasteiger partial charge in [0.25, 0.3) is 5.19 Å². The molecule has 0 aliphatic carbocycles. The van der Waals surface area contributed by atoms with Crippen molar-refractivity contribution >= 4 is 44.8 Å². The molecule has 1 aromatic heterocycles. The number of thiazole rings is 1. The molecule has 2 aromatic carbocycles. The number of hydrogen-bond donors (Lipinski definition) is 0. The number of nitrogens with zero attached hydrogens (tertiary/aromatic N) is 1. The quantitative estimate of drug-likeness (QED) is 0.246. The molecule has 0 unspecified atom stereocenters. The van der Waals surface area contributed by atoms with Crippen LogP contribution in [0.5, 0.6) is 16.7 Å². The van der Waals surface area contributed by atoms with E-state index in [0.717, 1.165) is 23.0 Å². The van der Waals surface area contributed by atoms with Crippen molar-refractivity contribution in [2.45, 2.75) is 20.3 Å². The lowest BCUT2D eigenvalue weighted by molar-refractivity contribution is 0.247. The summed E-state index contributed by atoms with van der Waals surface area (Å²) in [5, 5.41) is 0.960. The molecule has 9 heteroatoms. The van der Waals surface area contributed by atoms with Crippen LogP contribution in [-0.4, -0.2) is 24.8 Å². The van der Waals surface area contributed by atoms with Crippen LogP contribution in [0.1, 0.15) is 20.3 Å². The van der Waals surface area contributed by atoms with E-state index in [1.807, 2.05) is 19.9 Å². The van der Waals surface area contributed by atoms with Crippen molar-refractivity contribution < 1.29 is 23.0 Å². The van der Waals surface area contributed by atoms with Gasteiger partial charge in [-0.15, -0.1) is 0 Å². The molecule has 0 bridgehead atoms. The number of allylic oxidation sites excluding steroid dienone is 1. The van der Waals surface area contributed by atoms with Gasteiger partial charge in [0.05, 0.1) is 33.5 Å². The van der Waals surface area contributed by atoms with E-state index in [4.69, 9.17) is 37.4 Å². The monoisotopic (exact) mass is 473 g/mol. The molecule has 0 aliphatic heterocycles. The summed E-state index contributed by atoms with van der Waals surface area (Å²) < 4.78 is 43.9. The summed E-state index contributed by atoms with van der Waals surface area (Å²) in [4.78, 5) is 4.13. The number of benzene rings is 2. The zero-order valence-electron chi connectivity index (χ0n) is 16.3. The summed E-state index contributed by atoms with van der Waals surface area (Å²) in [6, 6.07) is 5.75. The minimum absolute atomic E-state index is 0.131. The first-order valence-corrected chi connectivity index (χ1v) is 10.7. The van der Waals surface area contributed by atoms with Crippen molar-refractivity contribution in [1.82, 2.24) is 4.98 Å². The van der Waals surface area contributed by atoms with Crippen molar-refractivity contribution in [1.29, 1.82) is 0 Å². The van der Waals surface area contributed by atoms with E-state index in [-0.39, 0.29) is 16.5 Å². The van der Waals surface area contributed by atoms with Crippen molar-refractivity contribution in [3.8, 4) is 16.7 Å². The first-order valence-electron chi connectivity index (χ1n) is 9.10. The van der Waals surface area contributed by atoms with Gasteiger partial charge in [0.2, 0.25) is 0 Å². The smallest absolute Gasteiger partial charge is 0.274 e. The molecule has 0 fully saturated rings. The highest BCUT2D eigenvalue weighted by atomic mass is 35.5. The maximum atomic E-state index is 13.7. The third-order valence-electron chi connectivity index (χ3n) is 3.90. The number of ether oxygens (including phenoxy) is 3. The number of aromatic nitrogens is 1. The molecule has 0 saturated heterocycles. The van der Waals surface area contributed by atoms with Crippen LogP contribution in [-0.2, 0) is 0 Å². The second kappa shape index (κ2) is 10.3. The van der Waals surface area contributed by atoms with E-state index >= 15 is 0 Å². The molecule has 0 aliphatic rings. The molecule has 160 valence electrons. The normalized spacial score (nSPS) is 10.9. The van der Waals surface area contributed by atoms with Crippen LogP contribution in [0, 0.1) is 11.6 Å². The number of fused-ring (bicyclic) bond motifs is 1. The second-order valence-corrected chi connectivity index (χ2v) is 8.32. The minimum atomic E-state index is -0.916. The number of hydrogen-bond acceptors (Lipinski definition) is 5. The number of rotatable bonds is 9. The van der Waals surface area contributed by atoms with Crippen LogP contribution >= 0.6 is 34.5 Å². The highest BCUT2D eigenvalue weighted by molar-refractivity contribution is 7.20. The van der Waals surface area contributed by atoms with Gasteiger partial charge in [-0.2, -0.15) is 0 Å². The average molecular weight is 474 g/mol. The Labute approximate surface area is 187 Å². The van der Waals surface area contributed by atoms with Gasteiger partial charge in [0.15, 0.2) is 17.4 Å². The molecule has 3 aromatic rings. The molecule has 3 rings (SSSR count). The summed E-state index contributed by atoms with van der Waals surface area (Å²) in [6.45, 7) is 4.97. The Morgan fingerprint density at radius 2 is 1.77 bits per heavy atom. The molecule has 0 saturated carbocycles. The van der Waals surface area contributed by atoms with Crippen LogP contribution in [0.4, 0.5) is 8.78 Å². The molecular formula is C21H19Cl2F2NO3S. The molecule has 0 spiro atoms. The fourth-order valence-electron chi connectivity index (χ4n) is 2.43. The Morgan fingerprint density at radius 1 is 1.07 bits per heavy atom. The Balaban J connectivity index is 1.49. The second-order valence-electron chi connectivity index (χ2n) is 6.55. The molecule has 0 amide bonds. The van der Waals surface area contributed by atoms with Crippen molar-refractivity contribution in [2.75, 3.05) is 19.8 Å². The summed E-state index contributed by atoms with van der Waals surface area (Å²) in [5.41, 5.74) is 1.51. The molecule has 0 N–H and O–H groups in total. The van der Waals surface area contributed by atoms with Gasteiger partial charge in [-0.05, 0) is 32.1 Å². The van der Waals surface area contributed by atoms with Gasteiger partial charge in [0, 0.05) is 18.6 Å². The number of halogens is 4. The van der Waals surface area contributed by atoms with E-state index < -0.39 is 11.6 Å². The highest BCUT2D eigenvalue weighted by Crippen LogP contribution is 2.37. The summed E-state index contributed by atoms with van der Waals surface area (Å²) in [5.74, 6) is -0.905. The predicted molar refractivity (Wildman–Crippen MR) is 117 cm³/mol. The van der Waals surface area contributed by atoms with Gasteiger partial charge in [-0.25, -0.2) is 13.8 Å². The van der Waals surface area contributed by atoms with Crippen molar-refractivity contribution in [3.63, 3.8) is 0 Å². The predicted octanol–water partition coefficient (Wildman–Crippen LogP) is 7.07. The Kier molecular flexibility index (Phi) is 7.75. The van der Waals surface area contributed by atoms with Crippen molar-refractivity contribution in [2.24, 2.45) is 0 Å². The molecule has 0 radical (unpaired) electrons. The molecule has 1 heterocycles. The lowest BCUT2D eigenvalue weighted by Gasteiger charge is -2.12. The van der Waals surface area contributed by atoms with Gasteiger partial charge >= 0.3 is 0 Å². The topological polar surface area (TPSA) is 40.6 Å². The van der Waals surface area contributed by atoms with Crippen LogP contribution in [0.15, 0.2) is 35.9 Å². The SMILES string of the molecule is CC(C)=CCOc1cc(Cl)c(OCCCOc2nc3ccc(F)c(F)c3s2)c(Cl)c1. The third-order valence-corrected chi connectivity index (χ3v) is 5.44. The van der Waals surface area contributed by atoms with Gasteiger partial charge in [0.1, 0.15) is 12.4 Å². The average Bonchev–Trinajstić information content (AvgIpc) is 3.10. The maximum absolute atomic E-state index is 13.7. The van der Waals surface area contributed by atoms with E-state index in [1.54, 1.807) is 12.1 Å². The van der Waals surface area contributed by atoms with Crippen LogP contribution in [0.25, 0.3) is 10.2 Å². The zero-order valence-corrected chi connectivity index (χ0v) is 18.6. The van der Waals surface area contributed by atoms with Gasteiger partial charge < -0.3 is 14.2 Å². The van der Waals surface area contributed by atoms with E-state index in [9.17, 15) is 8.78 Å². The molecular weight excluding hydrogens is 455 g/mol. The fraction of sp³-hybridized carbons (Fsp3) is 0.286. The van der Waals surface area contributed by atoms with E-state index in [2.05, 4.69) is 4.98 Å². The Hall–Kier alpha value is -2.09. The molecule has 4 nitrogen and oxygen atoms in total. The van der Waals surface area contributed by atoms with Gasteiger partial charge in [-0.1, -0.05) is 40.1 Å². The lowest BCUT2D eigenvalue weighted by atomic mass is 10.3. The summed E-state index contributed by atoms with van der Waals surface area (Å²) in [7, 11) is 0. The fourth-order valence-corrected chi connectivity index (χ4v) is 3.87. The van der Waals surface area contributed by atoms with Crippen molar-refractivity contribution in [3.05, 3.63) is 57.6 Å². The summed E-state index contributed by atoms with van der Waals surface area (Å²) >= 11 is 13.5. The first kappa shape index (κ1) is 22.6. The van der Waals surface area contributed by atoms with Crippen LogP contribution in [0.3, 0.4) is 0 Å². The Morgan fingerprint density at radius 3 is 2.47 bits per heavy atom. The van der Waals surface area contributed by atoms with Crippen LogP contribution < -0.4 is 14.2 Å². The summed E-state index contributed by atoms with van der Waals surface area (Å²) in [6.07, 6.45) is 2.46. The maximum Gasteiger partial charge on any atom is 0.274 e. The largest absolute Gasteiger partial charge is 0.490 e. The Bertz CT molecular complexity index is 1040. The zero-order chi connectivity index (χ0) is 21.7.